The monoisotopic (exact) mass is 329 g/mol. The predicted molar refractivity (Wildman–Crippen MR) is 108 cm³/mol. The predicted octanol–water partition coefficient (Wildman–Crippen LogP) is 5.48. The normalized spacial score (nSPS) is 10.8. The van der Waals surface area contributed by atoms with Crippen molar-refractivity contribution in [3.8, 4) is 11.1 Å². The minimum Gasteiger partial charge on any atom is -0.316 e. The third kappa shape index (κ3) is 4.58. The highest BCUT2D eigenvalue weighted by molar-refractivity contribution is 5.63. The van der Waals surface area contributed by atoms with Crippen LogP contribution < -0.4 is 5.32 Å². The summed E-state index contributed by atoms with van der Waals surface area (Å²) in [6.07, 6.45) is 2.16. The molecule has 3 aromatic rings. The van der Waals surface area contributed by atoms with Gasteiger partial charge in [-0.15, -0.1) is 0 Å². The second-order valence-corrected chi connectivity index (χ2v) is 6.85. The standard InChI is InChI=1S/C24H27N/c1-18-4-12-22(13-5-18)23-14-10-20(11-15-23)8-9-21-7-6-19(2)24(16-21)17-25-3/h4-7,10-16,25H,8-9,17H2,1-3H3. The Labute approximate surface area is 151 Å². The molecule has 0 atom stereocenters. The molecule has 0 fully saturated rings. The molecule has 0 aliphatic heterocycles. The van der Waals surface area contributed by atoms with Gasteiger partial charge in [0, 0.05) is 6.54 Å². The van der Waals surface area contributed by atoms with Crippen molar-refractivity contribution in [1.82, 2.24) is 5.32 Å². The lowest BCUT2D eigenvalue weighted by Crippen LogP contribution is -2.07. The first-order valence-electron chi connectivity index (χ1n) is 9.04. The number of hydrogen-bond donors (Lipinski definition) is 1. The van der Waals surface area contributed by atoms with Gasteiger partial charge in [0.1, 0.15) is 0 Å². The fourth-order valence-corrected chi connectivity index (χ4v) is 3.16. The van der Waals surface area contributed by atoms with Gasteiger partial charge in [-0.1, -0.05) is 72.3 Å². The summed E-state index contributed by atoms with van der Waals surface area (Å²) in [6, 6.07) is 24.6. The van der Waals surface area contributed by atoms with Gasteiger partial charge in [0.05, 0.1) is 0 Å². The van der Waals surface area contributed by atoms with Crippen molar-refractivity contribution in [2.24, 2.45) is 0 Å². The van der Waals surface area contributed by atoms with Gasteiger partial charge in [-0.3, -0.25) is 0 Å². The van der Waals surface area contributed by atoms with Crippen molar-refractivity contribution < 1.29 is 0 Å². The number of aryl methyl sites for hydroxylation is 4. The quantitative estimate of drug-likeness (QED) is 0.632. The van der Waals surface area contributed by atoms with Crippen LogP contribution in [0.5, 0.6) is 0 Å². The molecule has 0 aromatic heterocycles. The molecule has 128 valence electrons. The fourth-order valence-electron chi connectivity index (χ4n) is 3.16. The van der Waals surface area contributed by atoms with Crippen LogP contribution in [0.25, 0.3) is 11.1 Å². The Morgan fingerprint density at radius 2 is 1.24 bits per heavy atom. The third-order valence-corrected chi connectivity index (χ3v) is 4.82. The molecule has 25 heavy (non-hydrogen) atoms. The SMILES string of the molecule is CNCc1cc(CCc2ccc(-c3ccc(C)cc3)cc2)ccc1C. The molecule has 0 spiro atoms. The van der Waals surface area contributed by atoms with E-state index in [0.29, 0.717) is 0 Å². The van der Waals surface area contributed by atoms with Crippen molar-refractivity contribution in [3.05, 3.63) is 94.5 Å². The van der Waals surface area contributed by atoms with Gasteiger partial charge < -0.3 is 5.32 Å². The summed E-state index contributed by atoms with van der Waals surface area (Å²) in [4.78, 5) is 0. The van der Waals surface area contributed by atoms with Gasteiger partial charge in [0.2, 0.25) is 0 Å². The molecule has 0 saturated heterocycles. The van der Waals surface area contributed by atoms with E-state index in [0.717, 1.165) is 19.4 Å². The molecule has 0 aliphatic carbocycles. The summed E-state index contributed by atoms with van der Waals surface area (Å²) < 4.78 is 0. The van der Waals surface area contributed by atoms with Crippen molar-refractivity contribution in [3.63, 3.8) is 0 Å². The maximum absolute atomic E-state index is 3.25. The zero-order valence-corrected chi connectivity index (χ0v) is 15.5. The minimum atomic E-state index is 0.935. The second kappa shape index (κ2) is 8.13. The van der Waals surface area contributed by atoms with Gasteiger partial charge in [-0.25, -0.2) is 0 Å². The molecule has 0 heterocycles. The smallest absolute Gasteiger partial charge is 0.0205 e. The number of hydrogen-bond acceptors (Lipinski definition) is 1. The summed E-state index contributed by atoms with van der Waals surface area (Å²) in [5.74, 6) is 0. The van der Waals surface area contributed by atoms with Crippen LogP contribution >= 0.6 is 0 Å². The van der Waals surface area contributed by atoms with E-state index in [1.165, 1.54) is 38.9 Å². The Kier molecular flexibility index (Phi) is 5.67. The average molecular weight is 329 g/mol. The minimum absolute atomic E-state index is 0.935. The highest BCUT2D eigenvalue weighted by Crippen LogP contribution is 2.21. The van der Waals surface area contributed by atoms with Crippen LogP contribution in [0.2, 0.25) is 0 Å². The van der Waals surface area contributed by atoms with Crippen LogP contribution in [-0.2, 0) is 19.4 Å². The van der Waals surface area contributed by atoms with Crippen LogP contribution in [0.3, 0.4) is 0 Å². The highest BCUT2D eigenvalue weighted by Gasteiger charge is 2.02. The third-order valence-electron chi connectivity index (χ3n) is 4.82. The van der Waals surface area contributed by atoms with Crippen LogP contribution in [0.1, 0.15) is 27.8 Å². The number of nitrogens with one attached hydrogen (secondary N) is 1. The zero-order valence-electron chi connectivity index (χ0n) is 15.5. The summed E-state index contributed by atoms with van der Waals surface area (Å²) in [6.45, 7) is 5.24. The molecule has 0 bridgehead atoms. The highest BCUT2D eigenvalue weighted by atomic mass is 14.8. The molecule has 0 radical (unpaired) electrons. The van der Waals surface area contributed by atoms with Crippen molar-refractivity contribution >= 4 is 0 Å². The molecular formula is C24H27N. The van der Waals surface area contributed by atoms with E-state index in [-0.39, 0.29) is 0 Å². The molecule has 3 rings (SSSR count). The first-order chi connectivity index (χ1) is 12.2. The Morgan fingerprint density at radius 1 is 0.680 bits per heavy atom. The molecule has 1 nitrogen and oxygen atoms in total. The topological polar surface area (TPSA) is 12.0 Å². The summed E-state index contributed by atoms with van der Waals surface area (Å²) in [5.41, 5.74) is 9.44. The van der Waals surface area contributed by atoms with E-state index >= 15 is 0 Å². The molecule has 0 saturated carbocycles. The molecule has 1 heteroatoms. The lowest BCUT2D eigenvalue weighted by atomic mass is 9.98. The van der Waals surface area contributed by atoms with E-state index in [1.807, 2.05) is 7.05 Å². The largest absolute Gasteiger partial charge is 0.316 e. The van der Waals surface area contributed by atoms with E-state index in [1.54, 1.807) is 0 Å². The second-order valence-electron chi connectivity index (χ2n) is 6.85. The molecule has 3 aromatic carbocycles. The first-order valence-corrected chi connectivity index (χ1v) is 9.04. The Morgan fingerprint density at radius 3 is 1.88 bits per heavy atom. The molecule has 0 aliphatic rings. The zero-order chi connectivity index (χ0) is 17.6. The lowest BCUT2D eigenvalue weighted by molar-refractivity contribution is 0.808. The maximum Gasteiger partial charge on any atom is 0.0205 e. The maximum atomic E-state index is 3.25. The molecular weight excluding hydrogens is 302 g/mol. The Bertz CT molecular complexity index is 814. The van der Waals surface area contributed by atoms with Gasteiger partial charge in [0.25, 0.3) is 0 Å². The van der Waals surface area contributed by atoms with Crippen molar-refractivity contribution in [2.45, 2.75) is 33.2 Å². The van der Waals surface area contributed by atoms with Crippen molar-refractivity contribution in [2.75, 3.05) is 7.05 Å². The molecule has 1 N–H and O–H groups in total. The van der Waals surface area contributed by atoms with E-state index in [2.05, 4.69) is 85.9 Å². The van der Waals surface area contributed by atoms with Crippen LogP contribution in [0.4, 0.5) is 0 Å². The molecule has 0 amide bonds. The molecule has 0 unspecified atom stereocenters. The summed E-state index contributed by atoms with van der Waals surface area (Å²) >= 11 is 0. The van der Waals surface area contributed by atoms with Crippen LogP contribution in [-0.4, -0.2) is 7.05 Å². The van der Waals surface area contributed by atoms with Gasteiger partial charge in [-0.2, -0.15) is 0 Å². The Hall–Kier alpha value is -2.38. The first kappa shape index (κ1) is 17.4. The van der Waals surface area contributed by atoms with Crippen LogP contribution in [0, 0.1) is 13.8 Å². The van der Waals surface area contributed by atoms with Crippen molar-refractivity contribution in [1.29, 1.82) is 0 Å². The number of rotatable bonds is 6. The number of benzene rings is 3. The van der Waals surface area contributed by atoms with E-state index < -0.39 is 0 Å². The summed E-state index contributed by atoms with van der Waals surface area (Å²) in [7, 11) is 2.00. The Balaban J connectivity index is 1.66. The van der Waals surface area contributed by atoms with Crippen LogP contribution in [0.15, 0.2) is 66.7 Å². The van der Waals surface area contributed by atoms with Gasteiger partial charge in [-0.05, 0) is 67.1 Å². The van der Waals surface area contributed by atoms with Gasteiger partial charge >= 0.3 is 0 Å². The van der Waals surface area contributed by atoms with E-state index in [9.17, 15) is 0 Å². The summed E-state index contributed by atoms with van der Waals surface area (Å²) in [5, 5.41) is 3.25. The van der Waals surface area contributed by atoms with E-state index in [4.69, 9.17) is 0 Å². The fraction of sp³-hybridized carbons (Fsp3) is 0.250. The lowest BCUT2D eigenvalue weighted by Gasteiger charge is -2.09. The average Bonchev–Trinajstić information content (AvgIpc) is 2.64. The van der Waals surface area contributed by atoms with Gasteiger partial charge in [0.15, 0.2) is 0 Å².